The molecule has 0 aromatic carbocycles. The lowest BCUT2D eigenvalue weighted by atomic mass is 10.1. The van der Waals surface area contributed by atoms with Crippen molar-refractivity contribution in [2.75, 3.05) is 14.2 Å². The highest BCUT2D eigenvalue weighted by molar-refractivity contribution is 4.84. The standard InChI is InChI=1S/C11H22O2/c1-4-5-6-7-8-9-10-11(12-2)13-3/h9-11H,4-8H2,1-3H3/b10-9+. The summed E-state index contributed by atoms with van der Waals surface area (Å²) in [6, 6.07) is 0. The van der Waals surface area contributed by atoms with Crippen molar-refractivity contribution in [2.45, 2.75) is 45.3 Å². The highest BCUT2D eigenvalue weighted by Crippen LogP contribution is 2.03. The van der Waals surface area contributed by atoms with Crippen molar-refractivity contribution in [3.63, 3.8) is 0 Å². The van der Waals surface area contributed by atoms with Crippen LogP contribution >= 0.6 is 0 Å². The van der Waals surface area contributed by atoms with Crippen molar-refractivity contribution in [1.29, 1.82) is 0 Å². The highest BCUT2D eigenvalue weighted by atomic mass is 16.7. The topological polar surface area (TPSA) is 18.5 Å². The van der Waals surface area contributed by atoms with Crippen LogP contribution < -0.4 is 0 Å². The zero-order valence-corrected chi connectivity index (χ0v) is 9.08. The van der Waals surface area contributed by atoms with Gasteiger partial charge in [0.1, 0.15) is 0 Å². The van der Waals surface area contributed by atoms with Crippen LogP contribution in [-0.2, 0) is 9.47 Å². The van der Waals surface area contributed by atoms with E-state index in [0.717, 1.165) is 6.42 Å². The molecule has 0 aliphatic rings. The van der Waals surface area contributed by atoms with Crippen molar-refractivity contribution in [1.82, 2.24) is 0 Å². The fraction of sp³-hybridized carbons (Fsp3) is 0.818. The van der Waals surface area contributed by atoms with Crippen LogP contribution in [0.2, 0.25) is 0 Å². The summed E-state index contributed by atoms with van der Waals surface area (Å²) in [4.78, 5) is 0. The number of ether oxygens (including phenoxy) is 2. The summed E-state index contributed by atoms with van der Waals surface area (Å²) in [5, 5.41) is 0. The van der Waals surface area contributed by atoms with Gasteiger partial charge in [-0.3, -0.25) is 0 Å². The van der Waals surface area contributed by atoms with E-state index in [4.69, 9.17) is 9.47 Å². The molecule has 0 N–H and O–H groups in total. The van der Waals surface area contributed by atoms with E-state index >= 15 is 0 Å². The second-order valence-electron chi connectivity index (χ2n) is 3.12. The average molecular weight is 186 g/mol. The predicted octanol–water partition coefficient (Wildman–Crippen LogP) is 3.13. The first-order valence-corrected chi connectivity index (χ1v) is 5.07. The Balaban J connectivity index is 3.28. The van der Waals surface area contributed by atoms with Gasteiger partial charge in [-0.1, -0.05) is 32.3 Å². The number of unbranched alkanes of at least 4 members (excludes halogenated alkanes) is 4. The van der Waals surface area contributed by atoms with Crippen LogP contribution in [0.1, 0.15) is 39.0 Å². The lowest BCUT2D eigenvalue weighted by molar-refractivity contribution is -0.0667. The van der Waals surface area contributed by atoms with E-state index in [1.807, 2.05) is 6.08 Å². The van der Waals surface area contributed by atoms with E-state index < -0.39 is 0 Å². The Labute approximate surface area is 81.9 Å². The second-order valence-corrected chi connectivity index (χ2v) is 3.12. The molecule has 0 fully saturated rings. The molecular formula is C11H22O2. The Hall–Kier alpha value is -0.340. The number of hydrogen-bond acceptors (Lipinski definition) is 2. The zero-order chi connectivity index (χ0) is 9.94. The van der Waals surface area contributed by atoms with Gasteiger partial charge in [0.25, 0.3) is 0 Å². The first-order valence-electron chi connectivity index (χ1n) is 5.07. The summed E-state index contributed by atoms with van der Waals surface area (Å²) in [6.07, 6.45) is 10.3. The molecular weight excluding hydrogens is 164 g/mol. The molecule has 0 radical (unpaired) electrons. The Morgan fingerprint density at radius 1 is 1.08 bits per heavy atom. The van der Waals surface area contributed by atoms with Crippen LogP contribution in [-0.4, -0.2) is 20.5 Å². The molecule has 0 aliphatic carbocycles. The zero-order valence-electron chi connectivity index (χ0n) is 9.08. The van der Waals surface area contributed by atoms with E-state index in [1.165, 1.54) is 25.7 Å². The first kappa shape index (κ1) is 12.7. The van der Waals surface area contributed by atoms with E-state index in [0.29, 0.717) is 0 Å². The van der Waals surface area contributed by atoms with Gasteiger partial charge in [-0.15, -0.1) is 0 Å². The van der Waals surface area contributed by atoms with Crippen LogP contribution in [0.15, 0.2) is 12.2 Å². The maximum atomic E-state index is 5.02. The van der Waals surface area contributed by atoms with Crippen molar-refractivity contribution in [3.05, 3.63) is 12.2 Å². The summed E-state index contributed by atoms with van der Waals surface area (Å²) in [6.45, 7) is 2.22. The molecule has 2 heteroatoms. The van der Waals surface area contributed by atoms with Gasteiger partial charge in [0, 0.05) is 14.2 Å². The third-order valence-corrected chi connectivity index (χ3v) is 1.98. The van der Waals surface area contributed by atoms with Gasteiger partial charge < -0.3 is 9.47 Å². The van der Waals surface area contributed by atoms with E-state index in [9.17, 15) is 0 Å². The van der Waals surface area contributed by atoms with Gasteiger partial charge in [0.15, 0.2) is 6.29 Å². The van der Waals surface area contributed by atoms with Crippen LogP contribution in [0.4, 0.5) is 0 Å². The third kappa shape index (κ3) is 8.00. The van der Waals surface area contributed by atoms with Gasteiger partial charge in [0.2, 0.25) is 0 Å². The van der Waals surface area contributed by atoms with E-state index in [-0.39, 0.29) is 6.29 Å². The molecule has 0 bridgehead atoms. The molecule has 0 aromatic heterocycles. The molecule has 0 rings (SSSR count). The van der Waals surface area contributed by atoms with Crippen LogP contribution in [0.5, 0.6) is 0 Å². The lowest BCUT2D eigenvalue weighted by Gasteiger charge is -2.06. The minimum absolute atomic E-state index is 0.175. The van der Waals surface area contributed by atoms with Gasteiger partial charge in [-0.05, 0) is 18.9 Å². The first-order chi connectivity index (χ1) is 6.35. The summed E-state index contributed by atoms with van der Waals surface area (Å²) in [5.41, 5.74) is 0. The minimum Gasteiger partial charge on any atom is -0.352 e. The smallest absolute Gasteiger partial charge is 0.176 e. The molecule has 0 atom stereocenters. The fourth-order valence-corrected chi connectivity index (χ4v) is 1.15. The summed E-state index contributed by atoms with van der Waals surface area (Å²) < 4.78 is 10.0. The van der Waals surface area contributed by atoms with Crippen LogP contribution in [0.25, 0.3) is 0 Å². The Morgan fingerprint density at radius 2 is 1.77 bits per heavy atom. The molecule has 0 saturated carbocycles. The normalized spacial score (nSPS) is 11.7. The van der Waals surface area contributed by atoms with Crippen LogP contribution in [0.3, 0.4) is 0 Å². The third-order valence-electron chi connectivity index (χ3n) is 1.98. The molecule has 0 aliphatic heterocycles. The summed E-state index contributed by atoms with van der Waals surface area (Å²) in [7, 11) is 3.30. The van der Waals surface area contributed by atoms with Gasteiger partial charge >= 0.3 is 0 Å². The van der Waals surface area contributed by atoms with Crippen molar-refractivity contribution < 1.29 is 9.47 Å². The highest BCUT2D eigenvalue weighted by Gasteiger charge is 1.95. The summed E-state index contributed by atoms with van der Waals surface area (Å²) in [5.74, 6) is 0. The van der Waals surface area contributed by atoms with Gasteiger partial charge in [-0.25, -0.2) is 0 Å². The largest absolute Gasteiger partial charge is 0.352 e. The fourth-order valence-electron chi connectivity index (χ4n) is 1.15. The molecule has 0 amide bonds. The molecule has 0 spiro atoms. The molecule has 78 valence electrons. The maximum absolute atomic E-state index is 5.02. The quantitative estimate of drug-likeness (QED) is 0.329. The average Bonchev–Trinajstić information content (AvgIpc) is 2.17. The van der Waals surface area contributed by atoms with E-state index in [1.54, 1.807) is 14.2 Å². The Kier molecular flexibility index (Phi) is 9.49. The Morgan fingerprint density at radius 3 is 2.31 bits per heavy atom. The van der Waals surface area contributed by atoms with Crippen molar-refractivity contribution in [3.8, 4) is 0 Å². The van der Waals surface area contributed by atoms with Crippen LogP contribution in [0, 0.1) is 0 Å². The molecule has 0 heterocycles. The van der Waals surface area contributed by atoms with Gasteiger partial charge in [0.05, 0.1) is 0 Å². The number of hydrogen-bond donors (Lipinski definition) is 0. The predicted molar refractivity (Wildman–Crippen MR) is 55.7 cm³/mol. The van der Waals surface area contributed by atoms with Crippen molar-refractivity contribution >= 4 is 0 Å². The lowest BCUT2D eigenvalue weighted by Crippen LogP contribution is -2.08. The number of allylic oxidation sites excluding steroid dienone is 1. The maximum Gasteiger partial charge on any atom is 0.176 e. The molecule has 0 unspecified atom stereocenters. The second kappa shape index (κ2) is 9.75. The SMILES string of the molecule is CCCCCC/C=C/C(OC)OC. The van der Waals surface area contributed by atoms with Crippen molar-refractivity contribution in [2.24, 2.45) is 0 Å². The monoisotopic (exact) mass is 186 g/mol. The molecule has 0 saturated heterocycles. The molecule has 13 heavy (non-hydrogen) atoms. The van der Waals surface area contributed by atoms with E-state index in [2.05, 4.69) is 13.0 Å². The molecule has 2 nitrogen and oxygen atoms in total. The number of rotatable bonds is 8. The minimum atomic E-state index is -0.175. The summed E-state index contributed by atoms with van der Waals surface area (Å²) >= 11 is 0. The Bertz CT molecular complexity index is 117. The molecule has 0 aromatic rings. The van der Waals surface area contributed by atoms with Gasteiger partial charge in [-0.2, -0.15) is 0 Å². The number of methoxy groups -OCH3 is 2.